The van der Waals surface area contributed by atoms with Gasteiger partial charge in [-0.25, -0.2) is 14.4 Å². The average molecular weight is 413 g/mol. The summed E-state index contributed by atoms with van der Waals surface area (Å²) in [5.74, 6) is 0.0115. The van der Waals surface area contributed by atoms with Gasteiger partial charge in [0.1, 0.15) is 5.69 Å². The smallest absolute Gasteiger partial charge is 0.223 e. The molecule has 1 aliphatic carbocycles. The van der Waals surface area contributed by atoms with E-state index in [2.05, 4.69) is 25.5 Å². The predicted molar refractivity (Wildman–Crippen MR) is 114 cm³/mol. The molecule has 30 heavy (non-hydrogen) atoms. The quantitative estimate of drug-likeness (QED) is 0.785. The van der Waals surface area contributed by atoms with Gasteiger partial charge in [-0.2, -0.15) is 0 Å². The van der Waals surface area contributed by atoms with Crippen LogP contribution in [0.4, 0.5) is 16.0 Å². The van der Waals surface area contributed by atoms with Crippen LogP contribution in [-0.4, -0.2) is 54.3 Å². The van der Waals surface area contributed by atoms with Crippen LogP contribution in [0.1, 0.15) is 32.6 Å². The van der Waals surface area contributed by atoms with Gasteiger partial charge in [0.25, 0.3) is 0 Å². The molecule has 0 bridgehead atoms. The molecule has 160 valence electrons. The first-order valence-electron chi connectivity index (χ1n) is 10.6. The number of amides is 1. The van der Waals surface area contributed by atoms with Crippen molar-refractivity contribution in [3.05, 3.63) is 36.3 Å². The fourth-order valence-corrected chi connectivity index (χ4v) is 4.16. The molecule has 2 heterocycles. The molecule has 2 N–H and O–H groups in total. The van der Waals surface area contributed by atoms with Crippen LogP contribution in [0, 0.1) is 5.82 Å². The summed E-state index contributed by atoms with van der Waals surface area (Å²) < 4.78 is 20.0. The molecule has 1 aromatic heterocycles. The number of anilines is 2. The normalized spacial score (nSPS) is 21.9. The highest BCUT2D eigenvalue weighted by Crippen LogP contribution is 2.27. The molecule has 2 aromatic rings. The Bertz CT molecular complexity index is 880. The highest BCUT2D eigenvalue weighted by Gasteiger charge is 2.22. The molecule has 1 saturated heterocycles. The Morgan fingerprint density at radius 2 is 1.90 bits per heavy atom. The minimum absolute atomic E-state index is 0.0113. The Morgan fingerprint density at radius 3 is 2.63 bits per heavy atom. The van der Waals surface area contributed by atoms with E-state index in [9.17, 15) is 9.18 Å². The number of aromatic nitrogens is 2. The van der Waals surface area contributed by atoms with E-state index in [-0.39, 0.29) is 18.0 Å². The van der Waals surface area contributed by atoms with Gasteiger partial charge < -0.3 is 20.3 Å². The standard InChI is InChI=1S/C22H28FN5O2/c1-15(29)25-17-5-7-18(8-6-17)26-22-24-14-20(23)21(27-22)16-3-2-4-19(13-16)28-9-11-30-12-10-28/h2-4,13-14,17-18H,5-12H2,1H3,(H,25,29)(H,24,26,27)/t17-,18-. The lowest BCUT2D eigenvalue weighted by Crippen LogP contribution is -2.39. The van der Waals surface area contributed by atoms with Crippen LogP contribution in [0.15, 0.2) is 30.5 Å². The van der Waals surface area contributed by atoms with Crippen molar-refractivity contribution in [1.82, 2.24) is 15.3 Å². The van der Waals surface area contributed by atoms with Gasteiger partial charge >= 0.3 is 0 Å². The molecule has 1 aromatic carbocycles. The number of rotatable bonds is 5. The summed E-state index contributed by atoms with van der Waals surface area (Å²) in [6.45, 7) is 4.59. The van der Waals surface area contributed by atoms with Gasteiger partial charge in [-0.1, -0.05) is 12.1 Å². The summed E-state index contributed by atoms with van der Waals surface area (Å²) in [4.78, 5) is 22.1. The molecule has 8 heteroatoms. The van der Waals surface area contributed by atoms with Crippen molar-refractivity contribution in [1.29, 1.82) is 0 Å². The van der Waals surface area contributed by atoms with E-state index < -0.39 is 5.82 Å². The van der Waals surface area contributed by atoms with Crippen molar-refractivity contribution in [2.24, 2.45) is 0 Å². The minimum Gasteiger partial charge on any atom is -0.378 e. The zero-order valence-electron chi connectivity index (χ0n) is 17.2. The Hall–Kier alpha value is -2.74. The van der Waals surface area contributed by atoms with Crippen molar-refractivity contribution < 1.29 is 13.9 Å². The summed E-state index contributed by atoms with van der Waals surface area (Å²) in [6.07, 6.45) is 4.87. The van der Waals surface area contributed by atoms with Crippen LogP contribution in [-0.2, 0) is 9.53 Å². The van der Waals surface area contributed by atoms with Crippen molar-refractivity contribution in [2.45, 2.75) is 44.7 Å². The first-order valence-corrected chi connectivity index (χ1v) is 10.6. The SMILES string of the molecule is CC(=O)N[C@H]1CC[C@H](Nc2ncc(F)c(-c3cccc(N4CCOCC4)c3)n2)CC1. The fraction of sp³-hybridized carbons (Fsp3) is 0.500. The van der Waals surface area contributed by atoms with Gasteiger partial charge in [-0.05, 0) is 37.8 Å². The van der Waals surface area contributed by atoms with E-state index in [1.54, 1.807) is 6.92 Å². The number of nitrogens with one attached hydrogen (secondary N) is 2. The van der Waals surface area contributed by atoms with E-state index in [4.69, 9.17) is 4.74 Å². The van der Waals surface area contributed by atoms with Crippen molar-refractivity contribution in [2.75, 3.05) is 36.5 Å². The van der Waals surface area contributed by atoms with Gasteiger partial charge in [0.05, 0.1) is 19.4 Å². The van der Waals surface area contributed by atoms with E-state index in [0.717, 1.165) is 50.0 Å². The summed E-state index contributed by atoms with van der Waals surface area (Å²) in [7, 11) is 0. The second-order valence-corrected chi connectivity index (χ2v) is 7.93. The number of nitrogens with zero attached hydrogens (tertiary/aromatic N) is 3. The third-order valence-electron chi connectivity index (χ3n) is 5.71. The maximum atomic E-state index is 14.6. The molecule has 4 rings (SSSR count). The molecule has 0 unspecified atom stereocenters. The van der Waals surface area contributed by atoms with Gasteiger partial charge in [0.2, 0.25) is 11.9 Å². The lowest BCUT2D eigenvalue weighted by Gasteiger charge is -2.29. The molecule has 1 aliphatic heterocycles. The number of hydrogen-bond donors (Lipinski definition) is 2. The number of morpholine rings is 1. The van der Waals surface area contributed by atoms with E-state index in [1.165, 1.54) is 6.20 Å². The van der Waals surface area contributed by atoms with Crippen LogP contribution in [0.25, 0.3) is 11.3 Å². The number of halogens is 1. The largest absolute Gasteiger partial charge is 0.378 e. The molecule has 0 spiro atoms. The third kappa shape index (κ3) is 5.05. The van der Waals surface area contributed by atoms with Crippen LogP contribution in [0.2, 0.25) is 0 Å². The van der Waals surface area contributed by atoms with Crippen LogP contribution >= 0.6 is 0 Å². The van der Waals surface area contributed by atoms with Crippen molar-refractivity contribution in [3.8, 4) is 11.3 Å². The van der Waals surface area contributed by atoms with Gasteiger partial charge in [0, 0.05) is 43.3 Å². The van der Waals surface area contributed by atoms with Crippen molar-refractivity contribution >= 4 is 17.5 Å². The van der Waals surface area contributed by atoms with Gasteiger partial charge in [0.15, 0.2) is 5.82 Å². The first kappa shape index (κ1) is 20.5. The second-order valence-electron chi connectivity index (χ2n) is 7.93. The zero-order valence-corrected chi connectivity index (χ0v) is 17.2. The molecule has 1 amide bonds. The Morgan fingerprint density at radius 1 is 1.17 bits per heavy atom. The van der Waals surface area contributed by atoms with E-state index in [1.807, 2.05) is 24.3 Å². The number of carbonyl (C=O) groups is 1. The summed E-state index contributed by atoms with van der Waals surface area (Å²) in [5, 5.41) is 6.32. The Labute approximate surface area is 176 Å². The van der Waals surface area contributed by atoms with Crippen LogP contribution in [0.5, 0.6) is 0 Å². The minimum atomic E-state index is -0.436. The molecule has 2 aliphatic rings. The molecule has 7 nitrogen and oxygen atoms in total. The molecule has 1 saturated carbocycles. The highest BCUT2D eigenvalue weighted by atomic mass is 19.1. The highest BCUT2D eigenvalue weighted by molar-refractivity contribution is 5.73. The third-order valence-corrected chi connectivity index (χ3v) is 5.71. The molecular weight excluding hydrogens is 385 g/mol. The lowest BCUT2D eigenvalue weighted by atomic mass is 9.91. The Kier molecular flexibility index (Phi) is 6.42. The lowest BCUT2D eigenvalue weighted by molar-refractivity contribution is -0.119. The van der Waals surface area contributed by atoms with Gasteiger partial charge in [-0.3, -0.25) is 4.79 Å². The van der Waals surface area contributed by atoms with E-state index >= 15 is 0 Å². The summed E-state index contributed by atoms with van der Waals surface area (Å²) >= 11 is 0. The number of hydrogen-bond acceptors (Lipinski definition) is 6. The number of benzene rings is 1. The average Bonchev–Trinajstić information content (AvgIpc) is 2.77. The number of ether oxygens (including phenoxy) is 1. The summed E-state index contributed by atoms with van der Waals surface area (Å²) in [6, 6.07) is 8.25. The molecular formula is C22H28FN5O2. The van der Waals surface area contributed by atoms with Crippen LogP contribution in [0.3, 0.4) is 0 Å². The van der Waals surface area contributed by atoms with Crippen molar-refractivity contribution in [3.63, 3.8) is 0 Å². The summed E-state index contributed by atoms with van der Waals surface area (Å²) in [5.41, 5.74) is 2.07. The topological polar surface area (TPSA) is 79.4 Å². The maximum Gasteiger partial charge on any atom is 0.223 e. The maximum absolute atomic E-state index is 14.6. The molecule has 0 atom stereocenters. The second kappa shape index (κ2) is 9.38. The molecule has 2 fully saturated rings. The number of carbonyl (C=O) groups excluding carboxylic acids is 1. The first-order chi connectivity index (χ1) is 14.6. The monoisotopic (exact) mass is 413 g/mol. The fourth-order valence-electron chi connectivity index (χ4n) is 4.16. The van der Waals surface area contributed by atoms with Crippen LogP contribution < -0.4 is 15.5 Å². The Balaban J connectivity index is 1.45. The molecule has 0 radical (unpaired) electrons. The zero-order chi connectivity index (χ0) is 20.9. The van der Waals surface area contributed by atoms with Gasteiger partial charge in [-0.15, -0.1) is 0 Å². The predicted octanol–water partition coefficient (Wildman–Crippen LogP) is 2.98. The van der Waals surface area contributed by atoms with E-state index in [0.29, 0.717) is 24.9 Å².